The van der Waals surface area contributed by atoms with Crippen molar-refractivity contribution in [2.24, 2.45) is 0 Å². The average Bonchev–Trinajstić information content (AvgIpc) is 3.25. The average molecular weight is 418 g/mol. The molecule has 29 heavy (non-hydrogen) atoms. The first-order valence-electron chi connectivity index (χ1n) is 8.00. The van der Waals surface area contributed by atoms with Crippen molar-refractivity contribution in [2.75, 3.05) is 0 Å². The Bertz CT molecular complexity index is 1040. The molecule has 0 aliphatic heterocycles. The lowest BCUT2D eigenvalue weighted by Gasteiger charge is -2.14. The maximum atomic E-state index is 13.6. The summed E-state index contributed by atoms with van der Waals surface area (Å²) < 4.78 is 84.5. The van der Waals surface area contributed by atoms with Crippen LogP contribution in [0.3, 0.4) is 0 Å². The summed E-state index contributed by atoms with van der Waals surface area (Å²) in [6.45, 7) is 1.39. The Morgan fingerprint density at radius 3 is 2.45 bits per heavy atom. The molecular formula is C17H12F6N4O2. The number of carbonyl (C=O) groups excluding carboxylic acids is 1. The van der Waals surface area contributed by atoms with E-state index >= 15 is 0 Å². The van der Waals surface area contributed by atoms with E-state index in [1.54, 1.807) is 6.92 Å². The summed E-state index contributed by atoms with van der Waals surface area (Å²) in [5.74, 6) is -0.668. The van der Waals surface area contributed by atoms with Crippen molar-refractivity contribution in [2.45, 2.75) is 25.8 Å². The number of carbonyl (C=O) groups is 1. The van der Waals surface area contributed by atoms with Gasteiger partial charge in [-0.15, -0.1) is 0 Å². The summed E-state index contributed by atoms with van der Waals surface area (Å²) in [6, 6.07) is 4.69. The van der Waals surface area contributed by atoms with Crippen LogP contribution >= 0.6 is 0 Å². The molecule has 154 valence electrons. The number of amides is 1. The lowest BCUT2D eigenvalue weighted by atomic mass is 10.1. The predicted octanol–water partition coefficient (Wildman–Crippen LogP) is 4.14. The quantitative estimate of drug-likeness (QED) is 0.647. The minimum Gasteiger partial charge on any atom is -0.361 e. The van der Waals surface area contributed by atoms with Crippen molar-refractivity contribution < 1.29 is 35.7 Å². The van der Waals surface area contributed by atoms with Gasteiger partial charge in [0.15, 0.2) is 5.69 Å². The molecule has 1 aromatic carbocycles. The third-order valence-electron chi connectivity index (χ3n) is 3.81. The molecule has 0 radical (unpaired) electrons. The molecule has 6 nitrogen and oxygen atoms in total. The van der Waals surface area contributed by atoms with Gasteiger partial charge in [0.25, 0.3) is 5.91 Å². The predicted molar refractivity (Wildman–Crippen MR) is 86.0 cm³/mol. The highest BCUT2D eigenvalue weighted by Gasteiger charge is 2.41. The first kappa shape index (κ1) is 20.4. The fourth-order valence-electron chi connectivity index (χ4n) is 2.56. The van der Waals surface area contributed by atoms with E-state index in [-0.39, 0.29) is 16.9 Å². The monoisotopic (exact) mass is 418 g/mol. The number of hydrogen-bond donors (Lipinski definition) is 1. The minimum atomic E-state index is -5.05. The molecule has 0 saturated carbocycles. The van der Waals surface area contributed by atoms with Crippen molar-refractivity contribution in [1.82, 2.24) is 20.3 Å². The second kappa shape index (κ2) is 7.26. The van der Waals surface area contributed by atoms with Gasteiger partial charge in [0, 0.05) is 6.07 Å². The SMILES string of the molecule is Cc1cc(CNC(=O)c2cnn(-c3cccc(C(F)(F)F)c3)c2C(F)(F)F)no1. The van der Waals surface area contributed by atoms with Gasteiger partial charge in [-0.05, 0) is 25.1 Å². The maximum absolute atomic E-state index is 13.6. The second-order valence-corrected chi connectivity index (χ2v) is 5.98. The Balaban J connectivity index is 1.96. The third kappa shape index (κ3) is 4.41. The highest BCUT2D eigenvalue weighted by Crippen LogP contribution is 2.35. The van der Waals surface area contributed by atoms with Crippen LogP contribution in [0.15, 0.2) is 41.1 Å². The number of alkyl halides is 6. The zero-order chi connectivity index (χ0) is 21.4. The molecule has 0 saturated heterocycles. The van der Waals surface area contributed by atoms with E-state index in [4.69, 9.17) is 4.52 Å². The maximum Gasteiger partial charge on any atom is 0.434 e. The van der Waals surface area contributed by atoms with Crippen molar-refractivity contribution in [3.63, 3.8) is 0 Å². The van der Waals surface area contributed by atoms with Crippen LogP contribution in [-0.2, 0) is 18.9 Å². The number of halogens is 6. The fourth-order valence-corrected chi connectivity index (χ4v) is 2.56. The standard InChI is InChI=1S/C17H12F6N4O2/c1-9-5-11(26-29-9)7-24-15(28)13-8-25-27(14(13)17(21,22)23)12-4-2-3-10(6-12)16(18,19)20/h2-6,8H,7H2,1H3,(H,24,28). The lowest BCUT2D eigenvalue weighted by Crippen LogP contribution is -2.26. The van der Waals surface area contributed by atoms with Crippen LogP contribution in [0.4, 0.5) is 26.3 Å². The lowest BCUT2D eigenvalue weighted by molar-refractivity contribution is -0.143. The van der Waals surface area contributed by atoms with E-state index in [2.05, 4.69) is 15.6 Å². The van der Waals surface area contributed by atoms with Crippen LogP contribution in [0.25, 0.3) is 5.69 Å². The highest BCUT2D eigenvalue weighted by molar-refractivity contribution is 5.95. The first-order valence-corrected chi connectivity index (χ1v) is 8.00. The van der Waals surface area contributed by atoms with Crippen LogP contribution in [-0.4, -0.2) is 20.8 Å². The van der Waals surface area contributed by atoms with Gasteiger partial charge in [0.1, 0.15) is 11.5 Å². The van der Waals surface area contributed by atoms with Crippen LogP contribution in [0.1, 0.15) is 33.1 Å². The smallest absolute Gasteiger partial charge is 0.361 e. The van der Waals surface area contributed by atoms with Gasteiger partial charge < -0.3 is 9.84 Å². The largest absolute Gasteiger partial charge is 0.434 e. The summed E-state index contributed by atoms with van der Waals surface area (Å²) >= 11 is 0. The van der Waals surface area contributed by atoms with Crippen molar-refractivity contribution in [3.05, 3.63) is 64.8 Å². The van der Waals surface area contributed by atoms with Gasteiger partial charge in [-0.1, -0.05) is 11.2 Å². The number of benzene rings is 1. The van der Waals surface area contributed by atoms with Gasteiger partial charge in [-0.3, -0.25) is 4.79 Å². The number of aryl methyl sites for hydroxylation is 1. The number of nitrogens with zero attached hydrogens (tertiary/aromatic N) is 3. The Morgan fingerprint density at radius 2 is 1.86 bits per heavy atom. The first-order chi connectivity index (χ1) is 13.5. The highest BCUT2D eigenvalue weighted by atomic mass is 19.4. The number of rotatable bonds is 4. The topological polar surface area (TPSA) is 73.0 Å². The van der Waals surface area contributed by atoms with Crippen LogP contribution in [0, 0.1) is 6.92 Å². The molecule has 3 rings (SSSR count). The zero-order valence-electron chi connectivity index (χ0n) is 14.6. The van der Waals surface area contributed by atoms with Crippen molar-refractivity contribution >= 4 is 5.91 Å². The molecule has 1 amide bonds. The van der Waals surface area contributed by atoms with Crippen LogP contribution < -0.4 is 5.32 Å². The Morgan fingerprint density at radius 1 is 1.14 bits per heavy atom. The summed E-state index contributed by atoms with van der Waals surface area (Å²) in [6.07, 6.45) is -9.16. The molecule has 1 N–H and O–H groups in total. The second-order valence-electron chi connectivity index (χ2n) is 5.98. The summed E-state index contributed by atoms with van der Waals surface area (Å²) in [4.78, 5) is 12.3. The normalized spacial score (nSPS) is 12.2. The molecule has 2 heterocycles. The van der Waals surface area contributed by atoms with Gasteiger partial charge in [-0.25, -0.2) is 4.68 Å². The van der Waals surface area contributed by atoms with E-state index < -0.39 is 40.8 Å². The Kier molecular flexibility index (Phi) is 5.11. The summed E-state index contributed by atoms with van der Waals surface area (Å²) in [7, 11) is 0. The fraction of sp³-hybridized carbons (Fsp3) is 0.235. The minimum absolute atomic E-state index is 0.206. The molecular weight excluding hydrogens is 406 g/mol. The molecule has 0 aliphatic rings. The van der Waals surface area contributed by atoms with E-state index in [1.807, 2.05) is 0 Å². The molecule has 12 heteroatoms. The van der Waals surface area contributed by atoms with E-state index in [0.29, 0.717) is 24.1 Å². The van der Waals surface area contributed by atoms with Crippen molar-refractivity contribution in [3.8, 4) is 5.69 Å². The Hall–Kier alpha value is -3.31. The molecule has 0 spiro atoms. The van der Waals surface area contributed by atoms with Gasteiger partial charge in [-0.2, -0.15) is 31.4 Å². The van der Waals surface area contributed by atoms with Crippen molar-refractivity contribution in [1.29, 1.82) is 0 Å². The molecule has 0 fully saturated rings. The molecule has 0 bridgehead atoms. The molecule has 0 atom stereocenters. The molecule has 0 unspecified atom stereocenters. The third-order valence-corrected chi connectivity index (χ3v) is 3.81. The summed E-state index contributed by atoms with van der Waals surface area (Å²) in [5, 5.41) is 9.34. The van der Waals surface area contributed by atoms with E-state index in [1.165, 1.54) is 6.07 Å². The molecule has 2 aromatic heterocycles. The Labute approximate surface area is 159 Å². The van der Waals surface area contributed by atoms with Crippen LogP contribution in [0.5, 0.6) is 0 Å². The molecule has 3 aromatic rings. The van der Waals surface area contributed by atoms with Crippen LogP contribution in [0.2, 0.25) is 0 Å². The number of hydrogen-bond acceptors (Lipinski definition) is 4. The van der Waals surface area contributed by atoms with Gasteiger partial charge >= 0.3 is 12.4 Å². The summed E-state index contributed by atoms with van der Waals surface area (Å²) in [5.41, 5.74) is -3.68. The number of aromatic nitrogens is 3. The zero-order valence-corrected chi connectivity index (χ0v) is 14.6. The van der Waals surface area contributed by atoms with E-state index in [0.717, 1.165) is 12.1 Å². The van der Waals surface area contributed by atoms with Gasteiger partial charge in [0.05, 0.1) is 29.6 Å². The van der Waals surface area contributed by atoms with E-state index in [9.17, 15) is 31.1 Å². The molecule has 0 aliphatic carbocycles. The van der Waals surface area contributed by atoms with Gasteiger partial charge in [0.2, 0.25) is 0 Å². The number of nitrogens with one attached hydrogen (secondary N) is 1.